The van der Waals surface area contributed by atoms with Gasteiger partial charge in [0.2, 0.25) is 11.9 Å². The number of aliphatic imine (C=N–C) groups is 1. The molecule has 0 unspecified atom stereocenters. The number of carbonyl (C=O) groups excluding carboxylic acids is 3. The molecule has 1 aliphatic heterocycles. The van der Waals surface area contributed by atoms with Gasteiger partial charge >= 0.3 is 12.1 Å². The van der Waals surface area contributed by atoms with Gasteiger partial charge in [-0.2, -0.15) is 0 Å². The van der Waals surface area contributed by atoms with E-state index in [1.807, 2.05) is 62.4 Å². The van der Waals surface area contributed by atoms with Crippen molar-refractivity contribution in [1.82, 2.24) is 10.2 Å². The number of nitrogens with one attached hydrogen (secondary N) is 1. The lowest BCUT2D eigenvalue weighted by Gasteiger charge is -2.30. The summed E-state index contributed by atoms with van der Waals surface area (Å²) in [5.41, 5.74) is 2.18. The van der Waals surface area contributed by atoms with E-state index in [9.17, 15) is 14.4 Å². The van der Waals surface area contributed by atoms with Crippen molar-refractivity contribution in [3.8, 4) is 11.5 Å². The summed E-state index contributed by atoms with van der Waals surface area (Å²) in [5, 5.41) is 2.67. The van der Waals surface area contributed by atoms with E-state index in [2.05, 4.69) is 10.3 Å². The van der Waals surface area contributed by atoms with Crippen molar-refractivity contribution in [1.29, 1.82) is 0 Å². The van der Waals surface area contributed by atoms with Crippen molar-refractivity contribution in [3.63, 3.8) is 0 Å². The van der Waals surface area contributed by atoms with Gasteiger partial charge in [0.15, 0.2) is 0 Å². The van der Waals surface area contributed by atoms with Gasteiger partial charge in [0.05, 0.1) is 13.2 Å². The average Bonchev–Trinajstić information content (AvgIpc) is 2.99. The van der Waals surface area contributed by atoms with Crippen molar-refractivity contribution in [3.05, 3.63) is 84.4 Å². The zero-order valence-electron chi connectivity index (χ0n) is 24.1. The van der Waals surface area contributed by atoms with Crippen molar-refractivity contribution in [2.75, 3.05) is 31.7 Å². The molecule has 0 bridgehead atoms. The molecule has 4 rings (SSSR count). The zero-order chi connectivity index (χ0) is 29.9. The maximum Gasteiger partial charge on any atom is 0.419 e. The molecule has 10 heteroatoms. The fraction of sp³-hybridized carbons (Fsp3) is 0.312. The van der Waals surface area contributed by atoms with Crippen LogP contribution >= 0.6 is 0 Å². The average molecular weight is 573 g/mol. The van der Waals surface area contributed by atoms with Crippen LogP contribution in [0.25, 0.3) is 0 Å². The Morgan fingerprint density at radius 3 is 2.40 bits per heavy atom. The van der Waals surface area contributed by atoms with Gasteiger partial charge in [0.25, 0.3) is 0 Å². The van der Waals surface area contributed by atoms with Gasteiger partial charge in [-0.15, -0.1) is 0 Å². The standard InChI is InChI=1S/C32H36N4O6/c1-23(2)22-41-29(38)21-36-20-24-12-10-17-27(40-19-11-18-28(37)35(3)25-13-6-4-7-14-25)30(24)33-31(36)34-32(39)42-26-15-8-5-9-16-26/h4-10,12-17,23H,11,18-22H2,1-3H3,(H,33,34,39). The Labute approximate surface area is 245 Å². The number of ether oxygens (including phenoxy) is 3. The number of nitrogens with zero attached hydrogens (tertiary/aromatic N) is 3. The minimum Gasteiger partial charge on any atom is -0.491 e. The first-order valence-electron chi connectivity index (χ1n) is 13.9. The summed E-state index contributed by atoms with van der Waals surface area (Å²) < 4.78 is 16.8. The molecular weight excluding hydrogens is 536 g/mol. The lowest BCUT2D eigenvalue weighted by molar-refractivity contribution is -0.145. The van der Waals surface area contributed by atoms with Gasteiger partial charge in [0, 0.05) is 31.3 Å². The first kappa shape index (κ1) is 30.1. The predicted octanol–water partition coefficient (Wildman–Crippen LogP) is 5.30. The fourth-order valence-corrected chi connectivity index (χ4v) is 4.18. The first-order chi connectivity index (χ1) is 20.3. The van der Waals surface area contributed by atoms with Crippen LogP contribution in [0.3, 0.4) is 0 Å². The largest absolute Gasteiger partial charge is 0.491 e. The minimum atomic E-state index is -0.747. The van der Waals surface area contributed by atoms with Crippen molar-refractivity contribution in [2.24, 2.45) is 10.9 Å². The smallest absolute Gasteiger partial charge is 0.419 e. The molecule has 0 fully saturated rings. The third-order valence-electron chi connectivity index (χ3n) is 6.34. The maximum atomic E-state index is 12.7. The van der Waals surface area contributed by atoms with Crippen molar-refractivity contribution >= 4 is 35.3 Å². The first-order valence-corrected chi connectivity index (χ1v) is 13.9. The molecule has 2 amide bonds. The van der Waals surface area contributed by atoms with E-state index in [0.717, 1.165) is 11.3 Å². The summed E-state index contributed by atoms with van der Waals surface area (Å²) >= 11 is 0. The Bertz CT molecular complexity index is 1390. The SMILES string of the molecule is CC(C)COC(=O)CN1Cc2cccc(OCCCC(=O)N(C)c3ccccc3)c2N=C1NC(=O)Oc1ccccc1. The van der Waals surface area contributed by atoms with Crippen LogP contribution in [0.5, 0.6) is 11.5 Å². The van der Waals surface area contributed by atoms with Crippen LogP contribution in [0.15, 0.2) is 83.9 Å². The van der Waals surface area contributed by atoms with E-state index in [0.29, 0.717) is 43.2 Å². The highest BCUT2D eigenvalue weighted by atomic mass is 16.6. The zero-order valence-corrected chi connectivity index (χ0v) is 24.1. The summed E-state index contributed by atoms with van der Waals surface area (Å²) in [6.45, 7) is 4.67. The number of benzene rings is 3. The van der Waals surface area contributed by atoms with Crippen LogP contribution in [-0.2, 0) is 20.9 Å². The number of esters is 1. The summed E-state index contributed by atoms with van der Waals surface area (Å²) in [7, 11) is 1.75. The van der Waals surface area contributed by atoms with Crippen LogP contribution in [0.2, 0.25) is 0 Å². The molecule has 10 nitrogen and oxygen atoms in total. The molecule has 3 aromatic carbocycles. The Hall–Kier alpha value is -4.86. The molecule has 42 heavy (non-hydrogen) atoms. The summed E-state index contributed by atoms with van der Waals surface area (Å²) in [6, 6.07) is 23.6. The fourth-order valence-electron chi connectivity index (χ4n) is 4.18. The van der Waals surface area contributed by atoms with Gasteiger partial charge in [0.1, 0.15) is 23.7 Å². The number of amides is 2. The van der Waals surface area contributed by atoms with E-state index in [1.54, 1.807) is 47.2 Å². The molecule has 1 N–H and O–H groups in total. The lowest BCUT2D eigenvalue weighted by Crippen LogP contribution is -2.48. The topological polar surface area (TPSA) is 110 Å². The van der Waals surface area contributed by atoms with Gasteiger partial charge in [-0.3, -0.25) is 14.9 Å². The molecule has 1 aliphatic rings. The molecule has 0 aliphatic carbocycles. The monoisotopic (exact) mass is 572 g/mol. The summed E-state index contributed by atoms with van der Waals surface area (Å²) in [5.74, 6) is 0.759. The number of para-hydroxylation sites is 3. The third kappa shape index (κ3) is 8.57. The molecule has 0 radical (unpaired) electrons. The van der Waals surface area contributed by atoms with E-state index in [-0.39, 0.29) is 30.9 Å². The lowest BCUT2D eigenvalue weighted by atomic mass is 10.1. The second kappa shape index (κ2) is 14.7. The third-order valence-corrected chi connectivity index (χ3v) is 6.34. The number of guanidine groups is 1. The summed E-state index contributed by atoms with van der Waals surface area (Å²) in [6.07, 6.45) is 0.0724. The Morgan fingerprint density at radius 2 is 1.69 bits per heavy atom. The van der Waals surface area contributed by atoms with Gasteiger partial charge < -0.3 is 24.0 Å². The van der Waals surface area contributed by atoms with E-state index < -0.39 is 12.1 Å². The van der Waals surface area contributed by atoms with Crippen molar-refractivity contribution in [2.45, 2.75) is 33.2 Å². The van der Waals surface area contributed by atoms with Crippen LogP contribution in [0.4, 0.5) is 16.2 Å². The second-order valence-electron chi connectivity index (χ2n) is 10.2. The normalized spacial score (nSPS) is 12.2. The Balaban J connectivity index is 1.44. The maximum absolute atomic E-state index is 12.7. The van der Waals surface area contributed by atoms with Gasteiger partial charge in [-0.1, -0.05) is 62.4 Å². The number of carbonyl (C=O) groups is 3. The quantitative estimate of drug-likeness (QED) is 0.245. The summed E-state index contributed by atoms with van der Waals surface area (Å²) in [4.78, 5) is 45.8. The van der Waals surface area contributed by atoms with Crippen LogP contribution in [0, 0.1) is 5.92 Å². The number of hydrogen-bond acceptors (Lipinski definition) is 8. The molecule has 1 heterocycles. The Kier molecular flexibility index (Phi) is 10.5. The highest BCUT2D eigenvalue weighted by Crippen LogP contribution is 2.35. The van der Waals surface area contributed by atoms with E-state index in [1.165, 1.54) is 0 Å². The molecule has 0 saturated carbocycles. The number of anilines is 1. The number of hydrogen-bond donors (Lipinski definition) is 1. The molecule has 3 aromatic rings. The second-order valence-corrected chi connectivity index (χ2v) is 10.2. The van der Waals surface area contributed by atoms with Gasteiger partial charge in [-0.05, 0) is 42.7 Å². The van der Waals surface area contributed by atoms with Crippen molar-refractivity contribution < 1.29 is 28.6 Å². The highest BCUT2D eigenvalue weighted by molar-refractivity contribution is 5.98. The number of fused-ring (bicyclic) bond motifs is 1. The highest BCUT2D eigenvalue weighted by Gasteiger charge is 2.27. The van der Waals surface area contributed by atoms with E-state index in [4.69, 9.17) is 14.2 Å². The predicted molar refractivity (Wildman–Crippen MR) is 160 cm³/mol. The molecule has 220 valence electrons. The molecule has 0 saturated heterocycles. The molecule has 0 atom stereocenters. The minimum absolute atomic E-state index is 0.0127. The Morgan fingerprint density at radius 1 is 0.976 bits per heavy atom. The van der Waals surface area contributed by atoms with Crippen LogP contribution in [0.1, 0.15) is 32.3 Å². The number of rotatable bonds is 11. The van der Waals surface area contributed by atoms with E-state index >= 15 is 0 Å². The molecule has 0 spiro atoms. The van der Waals surface area contributed by atoms with Gasteiger partial charge in [-0.25, -0.2) is 9.79 Å². The molecule has 0 aromatic heterocycles. The van der Waals surface area contributed by atoms with Crippen LogP contribution < -0.4 is 19.7 Å². The molecular formula is C32H36N4O6. The van der Waals surface area contributed by atoms with Crippen LogP contribution in [-0.4, -0.2) is 55.6 Å².